The molecule has 1 aromatic heterocycles. The molecule has 0 fully saturated rings. The molecule has 0 aliphatic carbocycles. The Labute approximate surface area is 124 Å². The van der Waals surface area contributed by atoms with Crippen LogP contribution in [0.15, 0.2) is 38.8 Å². The van der Waals surface area contributed by atoms with Crippen molar-refractivity contribution in [3.63, 3.8) is 0 Å². The van der Waals surface area contributed by atoms with E-state index in [0.717, 1.165) is 15.9 Å². The molecule has 0 aliphatic heterocycles. The zero-order valence-electron chi connectivity index (χ0n) is 10.4. The van der Waals surface area contributed by atoms with Crippen LogP contribution in [0.25, 0.3) is 0 Å². The van der Waals surface area contributed by atoms with Crippen molar-refractivity contribution in [2.45, 2.75) is 16.6 Å². The average molecular weight is 340 g/mol. The van der Waals surface area contributed by atoms with Crippen LogP contribution in [-0.2, 0) is 6.54 Å². The van der Waals surface area contributed by atoms with Crippen LogP contribution in [0.4, 0.5) is 11.6 Å². The normalized spacial score (nSPS) is 10.6. The van der Waals surface area contributed by atoms with Crippen molar-refractivity contribution in [1.29, 1.82) is 0 Å². The molecule has 0 saturated heterocycles. The Morgan fingerprint density at radius 3 is 2.53 bits per heavy atom. The first-order chi connectivity index (χ1) is 9.08. The molecular formula is C12H14BrN5S. The molecule has 5 nitrogen and oxygen atoms in total. The van der Waals surface area contributed by atoms with Crippen molar-refractivity contribution in [1.82, 2.24) is 15.3 Å². The molecule has 1 aromatic carbocycles. The molecule has 2 aromatic rings. The van der Waals surface area contributed by atoms with Gasteiger partial charge in [-0.1, -0.05) is 22.0 Å². The molecule has 5 N–H and O–H groups in total. The summed E-state index contributed by atoms with van der Waals surface area (Å²) in [6, 6.07) is 7.63. The van der Waals surface area contributed by atoms with Crippen LogP contribution >= 0.6 is 27.7 Å². The summed E-state index contributed by atoms with van der Waals surface area (Å²) in [5.74, 6) is 0.750. The molecule has 7 heteroatoms. The molecule has 100 valence electrons. The van der Waals surface area contributed by atoms with E-state index < -0.39 is 0 Å². The van der Waals surface area contributed by atoms with Gasteiger partial charge >= 0.3 is 0 Å². The smallest absolute Gasteiger partial charge is 0.196 e. The highest BCUT2D eigenvalue weighted by Crippen LogP contribution is 2.31. The van der Waals surface area contributed by atoms with E-state index in [4.69, 9.17) is 11.5 Å². The van der Waals surface area contributed by atoms with Gasteiger partial charge in [0.05, 0.1) is 0 Å². The first-order valence-corrected chi connectivity index (χ1v) is 7.20. The first-order valence-electron chi connectivity index (χ1n) is 5.59. The van der Waals surface area contributed by atoms with Gasteiger partial charge in [-0.05, 0) is 36.5 Å². The maximum absolute atomic E-state index is 5.67. The van der Waals surface area contributed by atoms with Crippen molar-refractivity contribution in [3.8, 4) is 0 Å². The second kappa shape index (κ2) is 6.23. The van der Waals surface area contributed by atoms with Gasteiger partial charge in [-0.15, -0.1) is 0 Å². The summed E-state index contributed by atoms with van der Waals surface area (Å²) in [4.78, 5) is 9.41. The number of hydrogen-bond acceptors (Lipinski definition) is 6. The lowest BCUT2D eigenvalue weighted by Gasteiger charge is -2.09. The van der Waals surface area contributed by atoms with Crippen LogP contribution in [0.2, 0.25) is 0 Å². The number of benzene rings is 1. The highest BCUT2D eigenvalue weighted by molar-refractivity contribution is 9.10. The van der Waals surface area contributed by atoms with E-state index in [1.807, 2.05) is 19.2 Å². The Bertz CT molecular complexity index is 570. The predicted octanol–water partition coefficient (Wildman–Crippen LogP) is 2.27. The largest absolute Gasteiger partial charge is 0.383 e. The van der Waals surface area contributed by atoms with Gasteiger partial charge in [-0.2, -0.15) is 0 Å². The molecule has 2 rings (SSSR count). The third-order valence-electron chi connectivity index (χ3n) is 2.34. The van der Waals surface area contributed by atoms with Gasteiger partial charge in [-0.25, -0.2) is 9.97 Å². The molecule has 19 heavy (non-hydrogen) atoms. The molecule has 0 aliphatic rings. The fourth-order valence-electron chi connectivity index (χ4n) is 1.57. The van der Waals surface area contributed by atoms with Gasteiger partial charge in [0.1, 0.15) is 11.6 Å². The zero-order chi connectivity index (χ0) is 13.8. The van der Waals surface area contributed by atoms with Crippen molar-refractivity contribution in [2.24, 2.45) is 0 Å². The summed E-state index contributed by atoms with van der Waals surface area (Å²) in [5.41, 5.74) is 12.5. The second-order valence-electron chi connectivity index (χ2n) is 3.88. The van der Waals surface area contributed by atoms with Crippen molar-refractivity contribution in [3.05, 3.63) is 34.3 Å². The Hall–Kier alpha value is -1.31. The Morgan fingerprint density at radius 2 is 1.89 bits per heavy atom. The topological polar surface area (TPSA) is 89.8 Å². The van der Waals surface area contributed by atoms with E-state index in [1.165, 1.54) is 17.3 Å². The van der Waals surface area contributed by atoms with E-state index >= 15 is 0 Å². The number of halogens is 1. The van der Waals surface area contributed by atoms with Crippen LogP contribution in [0.1, 0.15) is 5.56 Å². The Morgan fingerprint density at radius 1 is 1.21 bits per heavy atom. The van der Waals surface area contributed by atoms with Crippen LogP contribution in [0.3, 0.4) is 0 Å². The van der Waals surface area contributed by atoms with Gasteiger partial charge in [0.25, 0.3) is 0 Å². The summed E-state index contributed by atoms with van der Waals surface area (Å²) in [5, 5.41) is 3.68. The maximum atomic E-state index is 5.67. The molecular weight excluding hydrogens is 326 g/mol. The van der Waals surface area contributed by atoms with Crippen LogP contribution < -0.4 is 16.8 Å². The van der Waals surface area contributed by atoms with Gasteiger partial charge in [0.15, 0.2) is 5.16 Å². The second-order valence-corrected chi connectivity index (χ2v) is 5.81. The predicted molar refractivity (Wildman–Crippen MR) is 81.9 cm³/mol. The minimum Gasteiger partial charge on any atom is -0.383 e. The van der Waals surface area contributed by atoms with Crippen molar-refractivity contribution >= 4 is 39.3 Å². The number of nitrogens with one attached hydrogen (secondary N) is 1. The number of rotatable bonds is 4. The minimum absolute atomic E-state index is 0.375. The summed E-state index contributed by atoms with van der Waals surface area (Å²) < 4.78 is 1.01. The van der Waals surface area contributed by atoms with E-state index in [9.17, 15) is 0 Å². The molecule has 0 amide bonds. The monoisotopic (exact) mass is 339 g/mol. The van der Waals surface area contributed by atoms with Gasteiger partial charge in [-0.3, -0.25) is 0 Å². The van der Waals surface area contributed by atoms with E-state index in [-0.39, 0.29) is 0 Å². The van der Waals surface area contributed by atoms with Crippen LogP contribution in [-0.4, -0.2) is 17.0 Å². The fraction of sp³-hybridized carbons (Fsp3) is 0.167. The van der Waals surface area contributed by atoms with Crippen molar-refractivity contribution < 1.29 is 0 Å². The van der Waals surface area contributed by atoms with Crippen LogP contribution in [0.5, 0.6) is 0 Å². The number of nitrogens with two attached hydrogens (primary N) is 2. The first kappa shape index (κ1) is 14.1. The van der Waals surface area contributed by atoms with E-state index in [1.54, 1.807) is 6.07 Å². The zero-order valence-corrected chi connectivity index (χ0v) is 12.8. The number of nitrogen functional groups attached to an aromatic ring is 2. The number of aromatic nitrogens is 2. The van der Waals surface area contributed by atoms with Gasteiger partial charge in [0.2, 0.25) is 0 Å². The maximum Gasteiger partial charge on any atom is 0.196 e. The van der Waals surface area contributed by atoms with Gasteiger partial charge in [0, 0.05) is 22.0 Å². The Kier molecular flexibility index (Phi) is 4.62. The lowest BCUT2D eigenvalue weighted by Crippen LogP contribution is -2.06. The highest BCUT2D eigenvalue weighted by atomic mass is 79.9. The lowest BCUT2D eigenvalue weighted by atomic mass is 10.2. The molecule has 0 atom stereocenters. The fourth-order valence-corrected chi connectivity index (χ4v) is 3.03. The molecule has 0 unspecified atom stereocenters. The standard InChI is InChI=1S/C12H14BrN5S/c1-16-6-7-2-3-8(13)4-9(7)19-12-17-10(14)5-11(15)18-12/h2-5,16H,6H2,1H3,(H4,14,15,17,18). The summed E-state index contributed by atoms with van der Waals surface area (Å²) in [6.45, 7) is 0.771. The number of nitrogens with zero attached hydrogens (tertiary/aromatic N) is 2. The molecule has 0 spiro atoms. The summed E-state index contributed by atoms with van der Waals surface area (Å²) in [7, 11) is 1.91. The van der Waals surface area contributed by atoms with E-state index in [0.29, 0.717) is 16.8 Å². The van der Waals surface area contributed by atoms with Gasteiger partial charge < -0.3 is 16.8 Å². The lowest BCUT2D eigenvalue weighted by molar-refractivity contribution is 0.802. The Balaban J connectivity index is 2.33. The highest BCUT2D eigenvalue weighted by Gasteiger charge is 2.08. The summed E-state index contributed by atoms with van der Waals surface area (Å²) in [6.07, 6.45) is 0. The molecule has 0 saturated carbocycles. The van der Waals surface area contributed by atoms with Crippen molar-refractivity contribution in [2.75, 3.05) is 18.5 Å². The average Bonchev–Trinajstić information content (AvgIpc) is 2.31. The molecule has 0 radical (unpaired) electrons. The quantitative estimate of drug-likeness (QED) is 0.740. The third kappa shape index (κ3) is 3.82. The number of anilines is 2. The van der Waals surface area contributed by atoms with Crippen LogP contribution in [0, 0.1) is 0 Å². The van der Waals surface area contributed by atoms with E-state index in [2.05, 4.69) is 37.3 Å². The minimum atomic E-state index is 0.375. The SMILES string of the molecule is CNCc1ccc(Br)cc1Sc1nc(N)cc(N)n1. The third-order valence-corrected chi connectivity index (χ3v) is 3.80. The molecule has 1 heterocycles. The molecule has 0 bridgehead atoms. The summed E-state index contributed by atoms with van der Waals surface area (Å²) >= 11 is 4.91. The number of hydrogen-bond donors (Lipinski definition) is 3.